The minimum atomic E-state index is -0.392. The molecule has 7 nitrogen and oxygen atoms in total. The fourth-order valence-electron chi connectivity index (χ4n) is 2.46. The van der Waals surface area contributed by atoms with E-state index in [0.717, 1.165) is 4.90 Å². The van der Waals surface area contributed by atoms with Gasteiger partial charge >= 0.3 is 0 Å². The monoisotopic (exact) mass is 336 g/mol. The zero-order chi connectivity index (χ0) is 17.5. The smallest absolute Gasteiger partial charge is 0.229 e. The predicted molar refractivity (Wildman–Crippen MR) is 85.8 cm³/mol. The van der Waals surface area contributed by atoms with Gasteiger partial charge in [-0.25, -0.2) is 0 Å². The Labute approximate surface area is 141 Å². The van der Waals surface area contributed by atoms with Crippen molar-refractivity contribution in [3.8, 4) is 0 Å². The van der Waals surface area contributed by atoms with Crippen molar-refractivity contribution in [1.82, 2.24) is 10.2 Å². The zero-order valence-electron chi connectivity index (χ0n) is 14.1. The average Bonchev–Trinajstić information content (AvgIpc) is 3.15. The number of ether oxygens (including phenoxy) is 1. The molecule has 0 radical (unpaired) electrons. The summed E-state index contributed by atoms with van der Waals surface area (Å²) in [7, 11) is 0. The van der Waals surface area contributed by atoms with Crippen LogP contribution < -0.4 is 5.32 Å². The molecule has 1 N–H and O–H groups in total. The van der Waals surface area contributed by atoms with Crippen LogP contribution in [0.4, 0.5) is 0 Å². The molecule has 1 atom stereocenters. The van der Waals surface area contributed by atoms with Crippen LogP contribution in [0.5, 0.6) is 0 Å². The van der Waals surface area contributed by atoms with Crippen LogP contribution in [0.15, 0.2) is 22.8 Å². The molecular formula is C17H24N2O5. The first-order chi connectivity index (χ1) is 11.5. The highest BCUT2D eigenvalue weighted by Crippen LogP contribution is 2.16. The highest BCUT2D eigenvalue weighted by Gasteiger charge is 2.29. The molecule has 1 aliphatic heterocycles. The Morgan fingerprint density at radius 1 is 1.29 bits per heavy atom. The van der Waals surface area contributed by atoms with Gasteiger partial charge in [0.2, 0.25) is 17.7 Å². The summed E-state index contributed by atoms with van der Waals surface area (Å²) in [5, 5.41) is 2.84. The summed E-state index contributed by atoms with van der Waals surface area (Å²) in [4.78, 5) is 36.4. The van der Waals surface area contributed by atoms with Gasteiger partial charge in [0.05, 0.1) is 12.9 Å². The molecule has 1 aromatic rings. The van der Waals surface area contributed by atoms with E-state index in [1.807, 2.05) is 13.8 Å². The number of carbonyl (C=O) groups is 3. The molecule has 1 fully saturated rings. The van der Waals surface area contributed by atoms with Crippen molar-refractivity contribution in [2.75, 3.05) is 19.8 Å². The molecule has 0 spiro atoms. The van der Waals surface area contributed by atoms with Crippen molar-refractivity contribution in [3.05, 3.63) is 24.2 Å². The van der Waals surface area contributed by atoms with Gasteiger partial charge in [-0.2, -0.15) is 0 Å². The number of amides is 3. The molecule has 0 bridgehead atoms. The van der Waals surface area contributed by atoms with E-state index in [9.17, 15) is 14.4 Å². The summed E-state index contributed by atoms with van der Waals surface area (Å²) in [5.41, 5.74) is 0. The van der Waals surface area contributed by atoms with Crippen LogP contribution in [0.1, 0.15) is 44.9 Å². The SMILES string of the molecule is CC(C)COC[C@@H](NC(=O)CCN1C(=O)CCC1=O)c1ccco1. The normalized spacial score (nSPS) is 16.0. The van der Waals surface area contributed by atoms with Crippen molar-refractivity contribution in [1.29, 1.82) is 0 Å². The highest BCUT2D eigenvalue weighted by atomic mass is 16.5. The zero-order valence-corrected chi connectivity index (χ0v) is 14.1. The third kappa shape index (κ3) is 5.19. The Balaban J connectivity index is 1.85. The Morgan fingerprint density at radius 2 is 2.00 bits per heavy atom. The second-order valence-corrected chi connectivity index (χ2v) is 6.26. The summed E-state index contributed by atoms with van der Waals surface area (Å²) in [6, 6.07) is 3.13. The molecule has 132 valence electrons. The molecule has 0 saturated carbocycles. The second kappa shape index (κ2) is 8.63. The van der Waals surface area contributed by atoms with E-state index in [-0.39, 0.29) is 43.5 Å². The lowest BCUT2D eigenvalue weighted by Gasteiger charge is -2.19. The molecule has 0 unspecified atom stereocenters. The number of furan rings is 1. The molecule has 7 heteroatoms. The van der Waals surface area contributed by atoms with Gasteiger partial charge in [-0.15, -0.1) is 0 Å². The van der Waals surface area contributed by atoms with Gasteiger partial charge in [0.15, 0.2) is 0 Å². The summed E-state index contributed by atoms with van der Waals surface area (Å²) < 4.78 is 11.0. The van der Waals surface area contributed by atoms with Crippen LogP contribution in [-0.4, -0.2) is 42.4 Å². The average molecular weight is 336 g/mol. The molecule has 1 saturated heterocycles. The topological polar surface area (TPSA) is 88.9 Å². The number of hydrogen-bond donors (Lipinski definition) is 1. The van der Waals surface area contributed by atoms with Gasteiger partial charge in [-0.1, -0.05) is 13.8 Å². The fourth-order valence-corrected chi connectivity index (χ4v) is 2.46. The number of rotatable bonds is 9. The largest absolute Gasteiger partial charge is 0.467 e. The summed E-state index contributed by atoms with van der Waals surface area (Å²) in [6.07, 6.45) is 2.08. The van der Waals surface area contributed by atoms with Crippen molar-refractivity contribution in [2.24, 2.45) is 5.92 Å². The van der Waals surface area contributed by atoms with Crippen molar-refractivity contribution >= 4 is 17.7 Å². The number of hydrogen-bond acceptors (Lipinski definition) is 5. The fraction of sp³-hybridized carbons (Fsp3) is 0.588. The van der Waals surface area contributed by atoms with E-state index in [0.29, 0.717) is 24.9 Å². The molecule has 2 heterocycles. The molecule has 0 aliphatic carbocycles. The number of likely N-dealkylation sites (tertiary alicyclic amines) is 1. The Bertz CT molecular complexity index is 552. The molecule has 2 rings (SSSR count). The van der Waals surface area contributed by atoms with Crippen LogP contribution >= 0.6 is 0 Å². The minimum absolute atomic E-state index is 0.0683. The quantitative estimate of drug-likeness (QED) is 0.693. The Kier molecular flexibility index (Phi) is 6.54. The van der Waals surface area contributed by atoms with Gasteiger partial charge < -0.3 is 14.5 Å². The van der Waals surface area contributed by atoms with Crippen molar-refractivity contribution in [2.45, 2.75) is 39.2 Å². The maximum atomic E-state index is 12.2. The molecule has 3 amide bonds. The number of nitrogens with zero attached hydrogens (tertiary/aromatic N) is 1. The predicted octanol–water partition coefficient (Wildman–Crippen LogP) is 1.65. The first-order valence-electron chi connectivity index (χ1n) is 8.21. The second-order valence-electron chi connectivity index (χ2n) is 6.26. The maximum absolute atomic E-state index is 12.2. The van der Waals surface area contributed by atoms with E-state index in [1.165, 1.54) is 0 Å². The summed E-state index contributed by atoms with van der Waals surface area (Å²) in [5.74, 6) is 0.328. The number of nitrogens with one attached hydrogen (secondary N) is 1. The van der Waals surface area contributed by atoms with Crippen LogP contribution in [0.3, 0.4) is 0 Å². The maximum Gasteiger partial charge on any atom is 0.229 e. The third-order valence-corrected chi connectivity index (χ3v) is 3.67. The van der Waals surface area contributed by atoms with E-state index in [2.05, 4.69) is 5.32 Å². The van der Waals surface area contributed by atoms with E-state index in [1.54, 1.807) is 18.4 Å². The summed E-state index contributed by atoms with van der Waals surface area (Å²) in [6.45, 7) is 5.10. The number of imide groups is 1. The standard InChI is InChI=1S/C17H24N2O5/c1-12(2)10-23-11-13(14-4-3-9-24-14)18-15(20)7-8-19-16(21)5-6-17(19)22/h3-4,9,12-13H,5-8,10-11H2,1-2H3,(H,18,20)/t13-/m1/s1. The van der Waals surface area contributed by atoms with Crippen LogP contribution in [0, 0.1) is 5.92 Å². The lowest BCUT2D eigenvalue weighted by atomic mass is 10.2. The van der Waals surface area contributed by atoms with Crippen LogP contribution in [0.25, 0.3) is 0 Å². The van der Waals surface area contributed by atoms with E-state index < -0.39 is 6.04 Å². The molecule has 1 aromatic heterocycles. The lowest BCUT2D eigenvalue weighted by Crippen LogP contribution is -2.36. The lowest BCUT2D eigenvalue weighted by molar-refractivity contribution is -0.138. The van der Waals surface area contributed by atoms with E-state index >= 15 is 0 Å². The summed E-state index contributed by atoms with van der Waals surface area (Å²) >= 11 is 0. The highest BCUT2D eigenvalue weighted by molar-refractivity contribution is 6.02. The Hall–Kier alpha value is -2.15. The van der Waals surface area contributed by atoms with E-state index in [4.69, 9.17) is 9.15 Å². The third-order valence-electron chi connectivity index (χ3n) is 3.67. The molecule has 0 aromatic carbocycles. The van der Waals surface area contributed by atoms with Crippen LogP contribution in [-0.2, 0) is 19.1 Å². The van der Waals surface area contributed by atoms with Gasteiger partial charge in [0.25, 0.3) is 0 Å². The first kappa shape index (κ1) is 18.2. The number of carbonyl (C=O) groups excluding carboxylic acids is 3. The first-order valence-corrected chi connectivity index (χ1v) is 8.21. The van der Waals surface area contributed by atoms with Gasteiger partial charge in [-0.3, -0.25) is 19.3 Å². The Morgan fingerprint density at radius 3 is 2.58 bits per heavy atom. The van der Waals surface area contributed by atoms with Gasteiger partial charge in [-0.05, 0) is 18.1 Å². The van der Waals surface area contributed by atoms with Crippen molar-refractivity contribution in [3.63, 3.8) is 0 Å². The minimum Gasteiger partial charge on any atom is -0.467 e. The van der Waals surface area contributed by atoms with Gasteiger partial charge in [0.1, 0.15) is 11.8 Å². The van der Waals surface area contributed by atoms with Crippen LogP contribution in [0.2, 0.25) is 0 Å². The molecule has 1 aliphatic rings. The van der Waals surface area contributed by atoms with Crippen molar-refractivity contribution < 1.29 is 23.5 Å². The molecule has 24 heavy (non-hydrogen) atoms. The van der Waals surface area contributed by atoms with Gasteiger partial charge in [0, 0.05) is 32.4 Å². The molecular weight excluding hydrogens is 312 g/mol.